The Labute approximate surface area is 147 Å². The predicted molar refractivity (Wildman–Crippen MR) is 96.1 cm³/mol. The second-order valence-electron chi connectivity index (χ2n) is 6.05. The van der Waals surface area contributed by atoms with Crippen LogP contribution in [0.2, 0.25) is 0 Å². The maximum atomic E-state index is 12.5. The SMILES string of the molecule is CCN(Cc1ccco1)C(=O)NCC(c1cccs1)N1CCCC1. The molecule has 0 aromatic carbocycles. The summed E-state index contributed by atoms with van der Waals surface area (Å²) in [4.78, 5) is 18.1. The third-order valence-corrected chi connectivity index (χ3v) is 5.47. The second kappa shape index (κ2) is 8.35. The number of hydrogen-bond acceptors (Lipinski definition) is 4. The van der Waals surface area contributed by atoms with Gasteiger partial charge in [-0.1, -0.05) is 6.07 Å². The average Bonchev–Trinajstić information content (AvgIpc) is 3.34. The number of nitrogens with zero attached hydrogens (tertiary/aromatic N) is 2. The standard InChI is InChI=1S/C18H25N3O2S/c1-2-20(14-15-7-5-11-23-15)18(22)19-13-16(17-8-6-12-24-17)21-9-3-4-10-21/h5-8,11-12,16H,2-4,9-10,13-14H2,1H3,(H,19,22). The number of hydrogen-bond donors (Lipinski definition) is 1. The first-order chi connectivity index (χ1) is 11.8. The number of carbonyl (C=O) groups excluding carboxylic acids is 1. The topological polar surface area (TPSA) is 48.7 Å². The van der Waals surface area contributed by atoms with Crippen LogP contribution in [-0.2, 0) is 6.54 Å². The maximum absolute atomic E-state index is 12.5. The van der Waals surface area contributed by atoms with Crippen molar-refractivity contribution in [3.05, 3.63) is 46.5 Å². The highest BCUT2D eigenvalue weighted by molar-refractivity contribution is 7.10. The van der Waals surface area contributed by atoms with E-state index in [9.17, 15) is 4.79 Å². The molecule has 3 rings (SSSR count). The lowest BCUT2D eigenvalue weighted by molar-refractivity contribution is 0.185. The van der Waals surface area contributed by atoms with Gasteiger partial charge in [0.1, 0.15) is 5.76 Å². The molecular weight excluding hydrogens is 322 g/mol. The lowest BCUT2D eigenvalue weighted by atomic mass is 10.2. The molecule has 0 spiro atoms. The normalized spacial score (nSPS) is 16.2. The fourth-order valence-electron chi connectivity index (χ4n) is 3.16. The Morgan fingerprint density at radius 2 is 2.21 bits per heavy atom. The molecule has 130 valence electrons. The summed E-state index contributed by atoms with van der Waals surface area (Å²) in [5.41, 5.74) is 0. The van der Waals surface area contributed by atoms with Crippen LogP contribution in [0.1, 0.15) is 36.4 Å². The summed E-state index contributed by atoms with van der Waals surface area (Å²) in [7, 11) is 0. The zero-order valence-electron chi connectivity index (χ0n) is 14.1. The highest BCUT2D eigenvalue weighted by Gasteiger charge is 2.25. The van der Waals surface area contributed by atoms with Gasteiger partial charge in [-0.05, 0) is 56.4 Å². The first kappa shape index (κ1) is 17.0. The third kappa shape index (κ3) is 4.19. The van der Waals surface area contributed by atoms with Crippen molar-refractivity contribution in [3.63, 3.8) is 0 Å². The fourth-order valence-corrected chi connectivity index (χ4v) is 4.02. The van der Waals surface area contributed by atoms with E-state index in [1.54, 1.807) is 22.5 Å². The maximum Gasteiger partial charge on any atom is 0.317 e. The van der Waals surface area contributed by atoms with Crippen LogP contribution in [0.5, 0.6) is 0 Å². The first-order valence-electron chi connectivity index (χ1n) is 8.60. The van der Waals surface area contributed by atoms with Gasteiger partial charge in [0, 0.05) is 18.0 Å². The van der Waals surface area contributed by atoms with E-state index >= 15 is 0 Å². The van der Waals surface area contributed by atoms with Gasteiger partial charge in [-0.25, -0.2) is 4.79 Å². The van der Waals surface area contributed by atoms with Gasteiger partial charge in [0.25, 0.3) is 0 Å². The molecule has 2 aromatic rings. The Morgan fingerprint density at radius 1 is 1.38 bits per heavy atom. The molecule has 6 heteroatoms. The van der Waals surface area contributed by atoms with Crippen LogP contribution in [0.15, 0.2) is 40.3 Å². The van der Waals surface area contributed by atoms with E-state index in [2.05, 4.69) is 27.7 Å². The van der Waals surface area contributed by atoms with Gasteiger partial charge >= 0.3 is 6.03 Å². The van der Waals surface area contributed by atoms with E-state index in [1.807, 2.05) is 19.1 Å². The molecule has 1 N–H and O–H groups in total. The molecule has 5 nitrogen and oxygen atoms in total. The van der Waals surface area contributed by atoms with Gasteiger partial charge in [-0.15, -0.1) is 11.3 Å². The number of nitrogens with one attached hydrogen (secondary N) is 1. The Kier molecular flexibility index (Phi) is 5.93. The highest BCUT2D eigenvalue weighted by Crippen LogP contribution is 2.27. The number of furan rings is 1. The number of urea groups is 1. The monoisotopic (exact) mass is 347 g/mol. The number of carbonyl (C=O) groups is 1. The smallest absolute Gasteiger partial charge is 0.317 e. The highest BCUT2D eigenvalue weighted by atomic mass is 32.1. The average molecular weight is 347 g/mol. The molecule has 2 amide bonds. The van der Waals surface area contributed by atoms with Crippen molar-refractivity contribution in [1.29, 1.82) is 0 Å². The molecule has 1 fully saturated rings. The first-order valence-corrected chi connectivity index (χ1v) is 9.48. The van der Waals surface area contributed by atoms with E-state index in [1.165, 1.54) is 17.7 Å². The van der Waals surface area contributed by atoms with Crippen LogP contribution >= 0.6 is 11.3 Å². The minimum atomic E-state index is -0.0327. The van der Waals surface area contributed by atoms with E-state index in [0.29, 0.717) is 19.6 Å². The lowest BCUT2D eigenvalue weighted by Gasteiger charge is -2.28. The van der Waals surface area contributed by atoms with E-state index in [0.717, 1.165) is 18.8 Å². The summed E-state index contributed by atoms with van der Waals surface area (Å²) < 4.78 is 5.35. The van der Waals surface area contributed by atoms with Gasteiger partial charge in [0.15, 0.2) is 0 Å². The van der Waals surface area contributed by atoms with E-state index < -0.39 is 0 Å². The van der Waals surface area contributed by atoms with Crippen molar-refractivity contribution in [2.24, 2.45) is 0 Å². The Hall–Kier alpha value is -1.79. The van der Waals surface area contributed by atoms with Crippen LogP contribution in [0.25, 0.3) is 0 Å². The molecule has 2 aromatic heterocycles. The van der Waals surface area contributed by atoms with Crippen molar-refractivity contribution in [1.82, 2.24) is 15.1 Å². The molecule has 24 heavy (non-hydrogen) atoms. The van der Waals surface area contributed by atoms with Crippen molar-refractivity contribution >= 4 is 17.4 Å². The molecule has 1 unspecified atom stereocenters. The summed E-state index contributed by atoms with van der Waals surface area (Å²) in [6, 6.07) is 8.24. The van der Waals surface area contributed by atoms with Crippen LogP contribution in [0, 0.1) is 0 Å². The van der Waals surface area contributed by atoms with Crippen LogP contribution in [0.4, 0.5) is 4.79 Å². The molecule has 1 aliphatic heterocycles. The second-order valence-corrected chi connectivity index (χ2v) is 7.03. The summed E-state index contributed by atoms with van der Waals surface area (Å²) in [5, 5.41) is 5.23. The Morgan fingerprint density at radius 3 is 2.83 bits per heavy atom. The Bertz CT molecular complexity index is 606. The van der Waals surface area contributed by atoms with Gasteiger partial charge in [0.05, 0.1) is 18.8 Å². The summed E-state index contributed by atoms with van der Waals surface area (Å²) in [6.07, 6.45) is 4.13. The van der Waals surface area contributed by atoms with Gasteiger partial charge in [-0.2, -0.15) is 0 Å². The zero-order valence-corrected chi connectivity index (χ0v) is 14.9. The molecular formula is C18H25N3O2S. The van der Waals surface area contributed by atoms with Gasteiger partial charge < -0.3 is 14.6 Å². The molecule has 0 aliphatic carbocycles. The fraction of sp³-hybridized carbons (Fsp3) is 0.500. The molecule has 0 bridgehead atoms. The summed E-state index contributed by atoms with van der Waals surface area (Å²) >= 11 is 1.77. The molecule has 3 heterocycles. The Balaban J connectivity index is 1.59. The molecule has 0 saturated carbocycles. The van der Waals surface area contributed by atoms with E-state index in [4.69, 9.17) is 4.42 Å². The zero-order chi connectivity index (χ0) is 16.8. The van der Waals surface area contributed by atoms with Crippen molar-refractivity contribution < 1.29 is 9.21 Å². The van der Waals surface area contributed by atoms with Crippen LogP contribution < -0.4 is 5.32 Å². The van der Waals surface area contributed by atoms with Crippen molar-refractivity contribution in [2.45, 2.75) is 32.4 Å². The largest absolute Gasteiger partial charge is 0.467 e. The summed E-state index contributed by atoms with van der Waals surface area (Å²) in [6.45, 7) is 6.01. The quantitative estimate of drug-likeness (QED) is 0.831. The minimum Gasteiger partial charge on any atom is -0.467 e. The molecule has 1 saturated heterocycles. The van der Waals surface area contributed by atoms with Crippen molar-refractivity contribution in [2.75, 3.05) is 26.2 Å². The molecule has 1 atom stereocenters. The molecule has 0 radical (unpaired) electrons. The number of likely N-dealkylation sites (tertiary alicyclic amines) is 1. The summed E-state index contributed by atoms with van der Waals surface area (Å²) in [5.74, 6) is 0.807. The van der Waals surface area contributed by atoms with Crippen molar-refractivity contribution in [3.8, 4) is 0 Å². The number of thiophene rings is 1. The third-order valence-electron chi connectivity index (χ3n) is 4.50. The lowest BCUT2D eigenvalue weighted by Crippen LogP contribution is -2.43. The van der Waals surface area contributed by atoms with Crippen LogP contribution in [-0.4, -0.2) is 42.0 Å². The van der Waals surface area contributed by atoms with Gasteiger partial charge in [-0.3, -0.25) is 4.90 Å². The number of rotatable bonds is 7. The van der Waals surface area contributed by atoms with E-state index in [-0.39, 0.29) is 12.1 Å². The molecule has 1 aliphatic rings. The predicted octanol–water partition coefficient (Wildman–Crippen LogP) is 3.71. The minimum absolute atomic E-state index is 0.0327. The van der Waals surface area contributed by atoms with Gasteiger partial charge in [0.2, 0.25) is 0 Å². The number of amides is 2. The van der Waals surface area contributed by atoms with Crippen LogP contribution in [0.3, 0.4) is 0 Å².